The highest BCUT2D eigenvalue weighted by Gasteiger charge is 2.43. The summed E-state index contributed by atoms with van der Waals surface area (Å²) < 4.78 is 10.1. The van der Waals surface area contributed by atoms with Crippen molar-refractivity contribution in [2.24, 2.45) is 4.99 Å². The van der Waals surface area contributed by atoms with E-state index < -0.39 is 7.12 Å². The minimum atomic E-state index is -1.13. The number of hydrogen-bond donors (Lipinski definition) is 1. The molecule has 3 N–H and O–H groups in total. The van der Waals surface area contributed by atoms with Crippen molar-refractivity contribution in [3.8, 4) is 0 Å². The molecule has 1 rings (SSSR count). The second-order valence-corrected chi connectivity index (χ2v) is 3.03. The lowest BCUT2D eigenvalue weighted by molar-refractivity contribution is 0.0883. The highest BCUT2D eigenvalue weighted by atomic mass is 16.5. The van der Waals surface area contributed by atoms with Gasteiger partial charge >= 0.3 is 7.12 Å². The Hall–Kier alpha value is -0.585. The van der Waals surface area contributed by atoms with Gasteiger partial charge in [-0.15, -0.1) is 0 Å². The van der Waals surface area contributed by atoms with E-state index in [-0.39, 0.29) is 11.9 Å². The van der Waals surface area contributed by atoms with Crippen molar-refractivity contribution in [2.45, 2.75) is 18.3 Å². The summed E-state index contributed by atoms with van der Waals surface area (Å²) in [4.78, 5) is 4.11. The van der Waals surface area contributed by atoms with Crippen molar-refractivity contribution in [1.29, 1.82) is 0 Å². The van der Waals surface area contributed by atoms with E-state index in [2.05, 4.69) is 4.99 Å². The van der Waals surface area contributed by atoms with Gasteiger partial charge < -0.3 is 19.5 Å². The fraction of sp³-hybridized carbons (Fsp3) is 0.857. The average Bonchev–Trinajstić information content (AvgIpc) is 2.16. The normalized spacial score (nSPS) is 28.2. The molecule has 6 heteroatoms. The fourth-order valence-corrected chi connectivity index (χ4v) is 1.44. The minimum absolute atomic E-state index is 0.175. The van der Waals surface area contributed by atoms with Gasteiger partial charge in [0, 0.05) is 13.5 Å². The molecule has 0 radical (unpaired) electrons. The summed E-state index contributed by atoms with van der Waals surface area (Å²) in [6.45, 7) is 0.459. The van der Waals surface area contributed by atoms with Crippen LogP contribution in [0.25, 0.3) is 0 Å². The minimum Gasteiger partial charge on any atom is -0.526 e. The van der Waals surface area contributed by atoms with Crippen LogP contribution in [0, 0.1) is 0 Å². The van der Waals surface area contributed by atoms with Crippen molar-refractivity contribution in [1.82, 2.24) is 0 Å². The number of rotatable bonds is 2. The molecule has 0 aromatic carbocycles. The Morgan fingerprint density at radius 1 is 1.62 bits per heavy atom. The average molecular weight is 188 g/mol. The van der Waals surface area contributed by atoms with E-state index in [1.165, 1.54) is 0 Å². The second kappa shape index (κ2) is 4.60. The van der Waals surface area contributed by atoms with Crippen LogP contribution in [0.4, 0.5) is 0 Å². The number of nitrogens with zero attached hydrogens (tertiary/aromatic N) is 1. The first-order chi connectivity index (χ1) is 6.19. The van der Waals surface area contributed by atoms with Crippen LogP contribution in [-0.2, 0) is 9.47 Å². The van der Waals surface area contributed by atoms with Gasteiger partial charge in [0.15, 0.2) is 5.90 Å². The van der Waals surface area contributed by atoms with Crippen LogP contribution >= 0.6 is 0 Å². The Morgan fingerprint density at radius 2 is 2.31 bits per heavy atom. The SMILES string of the molecule is COC1=NCC(OC)C(B(O)[OH2+])C1. The van der Waals surface area contributed by atoms with Crippen molar-refractivity contribution in [2.75, 3.05) is 20.8 Å². The molecule has 13 heavy (non-hydrogen) atoms. The molecule has 74 valence electrons. The van der Waals surface area contributed by atoms with Crippen LogP contribution in [0.1, 0.15) is 6.42 Å². The zero-order valence-corrected chi connectivity index (χ0v) is 7.86. The standard InChI is InChI=1S/C7H14BNO4/c1-12-6-4-9-7(13-2)3-5(6)8(10)11/h5-6,10-11H,3-4H2,1-2H3/p+1. The molecule has 1 heterocycles. The molecule has 1 aliphatic rings. The maximum atomic E-state index is 9.17. The zero-order valence-electron chi connectivity index (χ0n) is 7.86. The molecule has 2 atom stereocenters. The summed E-state index contributed by atoms with van der Waals surface area (Å²) in [5, 5.41) is 16.4. The first-order valence-electron chi connectivity index (χ1n) is 4.18. The number of aliphatic imine (C=N–C) groups is 1. The van der Waals surface area contributed by atoms with Gasteiger partial charge in [-0.2, -0.15) is 0 Å². The summed E-state index contributed by atoms with van der Waals surface area (Å²) >= 11 is 0. The smallest absolute Gasteiger partial charge is 0.526 e. The molecule has 0 aromatic rings. The Morgan fingerprint density at radius 3 is 2.77 bits per heavy atom. The summed E-state index contributed by atoms with van der Waals surface area (Å²) in [7, 11) is 1.97. The van der Waals surface area contributed by atoms with E-state index >= 15 is 0 Å². The monoisotopic (exact) mass is 188 g/mol. The lowest BCUT2D eigenvalue weighted by Crippen LogP contribution is -2.38. The first kappa shape index (κ1) is 10.5. The van der Waals surface area contributed by atoms with Gasteiger partial charge in [0.2, 0.25) is 0 Å². The molecule has 0 spiro atoms. The summed E-state index contributed by atoms with van der Waals surface area (Å²) in [5.74, 6) is 0.349. The topological polar surface area (TPSA) is 73.9 Å². The molecule has 0 aliphatic carbocycles. The predicted molar refractivity (Wildman–Crippen MR) is 50.1 cm³/mol. The maximum absolute atomic E-state index is 9.17. The largest absolute Gasteiger partial charge is 0.696 e. The van der Waals surface area contributed by atoms with Crippen molar-refractivity contribution >= 4 is 13.0 Å². The quantitative estimate of drug-likeness (QED) is 0.447. The van der Waals surface area contributed by atoms with E-state index in [0.717, 1.165) is 0 Å². The molecule has 0 bridgehead atoms. The van der Waals surface area contributed by atoms with Crippen LogP contribution in [0.2, 0.25) is 5.82 Å². The first-order valence-corrected chi connectivity index (χ1v) is 4.18. The predicted octanol–water partition coefficient (Wildman–Crippen LogP) is -0.975. The third kappa shape index (κ3) is 2.43. The van der Waals surface area contributed by atoms with Gasteiger partial charge in [-0.25, -0.2) is 0 Å². The van der Waals surface area contributed by atoms with Gasteiger partial charge in [0.1, 0.15) is 0 Å². The summed E-state index contributed by atoms with van der Waals surface area (Å²) in [5.41, 5.74) is 0. The van der Waals surface area contributed by atoms with Gasteiger partial charge in [-0.1, -0.05) is 0 Å². The lowest BCUT2D eigenvalue weighted by atomic mass is 9.66. The number of ether oxygens (including phenoxy) is 2. The molecule has 0 fully saturated rings. The Labute approximate surface area is 77.5 Å². The van der Waals surface area contributed by atoms with Gasteiger partial charge in [0.05, 0.1) is 25.6 Å². The van der Waals surface area contributed by atoms with Crippen LogP contribution in [-0.4, -0.2) is 49.9 Å². The molecule has 0 saturated heterocycles. The zero-order chi connectivity index (χ0) is 9.84. The molecule has 0 amide bonds. The van der Waals surface area contributed by atoms with Crippen LogP contribution in [0.5, 0.6) is 0 Å². The van der Waals surface area contributed by atoms with Crippen molar-refractivity contribution in [3.05, 3.63) is 0 Å². The Balaban J connectivity index is 2.64. The summed E-state index contributed by atoms with van der Waals surface area (Å²) in [6, 6.07) is 0. The highest BCUT2D eigenvalue weighted by molar-refractivity contribution is 6.44. The fourth-order valence-electron chi connectivity index (χ4n) is 1.44. The highest BCUT2D eigenvalue weighted by Crippen LogP contribution is 2.25. The van der Waals surface area contributed by atoms with E-state index in [1.54, 1.807) is 14.2 Å². The third-order valence-corrected chi connectivity index (χ3v) is 2.28. The van der Waals surface area contributed by atoms with E-state index in [9.17, 15) is 0 Å². The van der Waals surface area contributed by atoms with Crippen molar-refractivity contribution in [3.63, 3.8) is 0 Å². The van der Waals surface area contributed by atoms with Crippen LogP contribution < -0.4 is 0 Å². The van der Waals surface area contributed by atoms with E-state index in [1.807, 2.05) is 0 Å². The molecular formula is C7H15BNO4+. The molecule has 2 unspecified atom stereocenters. The Kier molecular flexibility index (Phi) is 3.71. The van der Waals surface area contributed by atoms with Gasteiger partial charge in [-0.3, -0.25) is 4.99 Å². The lowest BCUT2D eigenvalue weighted by Gasteiger charge is -2.25. The van der Waals surface area contributed by atoms with Crippen molar-refractivity contribution < 1.29 is 19.5 Å². The maximum Gasteiger partial charge on any atom is 0.696 e. The second-order valence-electron chi connectivity index (χ2n) is 3.03. The Bertz CT molecular complexity index is 197. The molecule has 5 nitrogen and oxygen atoms in total. The van der Waals surface area contributed by atoms with Gasteiger partial charge in [-0.05, 0) is 0 Å². The molecular weight excluding hydrogens is 173 g/mol. The van der Waals surface area contributed by atoms with E-state index in [4.69, 9.17) is 19.5 Å². The van der Waals surface area contributed by atoms with Gasteiger partial charge in [0.25, 0.3) is 0 Å². The third-order valence-electron chi connectivity index (χ3n) is 2.28. The molecule has 0 saturated carbocycles. The number of hydrogen-bond acceptors (Lipinski definition) is 4. The molecule has 1 aliphatic heterocycles. The number of methoxy groups -OCH3 is 2. The molecule has 0 aromatic heterocycles. The summed E-state index contributed by atoms with van der Waals surface area (Å²) in [6.07, 6.45) is 0.297. The van der Waals surface area contributed by atoms with E-state index in [0.29, 0.717) is 18.9 Å². The van der Waals surface area contributed by atoms with Crippen LogP contribution in [0.3, 0.4) is 0 Å². The van der Waals surface area contributed by atoms with Crippen LogP contribution in [0.15, 0.2) is 4.99 Å².